The Hall–Kier alpha value is -3.10. The van der Waals surface area contributed by atoms with Crippen LogP contribution >= 0.6 is 11.6 Å². The van der Waals surface area contributed by atoms with Gasteiger partial charge in [0.2, 0.25) is 10.0 Å². The van der Waals surface area contributed by atoms with Gasteiger partial charge >= 0.3 is 5.97 Å². The summed E-state index contributed by atoms with van der Waals surface area (Å²) < 4.78 is 45.0. The van der Waals surface area contributed by atoms with Crippen molar-refractivity contribution in [3.05, 3.63) is 89.2 Å². The van der Waals surface area contributed by atoms with Gasteiger partial charge in [-0.2, -0.15) is 0 Å². The lowest BCUT2D eigenvalue weighted by Gasteiger charge is -2.29. The molecule has 0 fully saturated rings. The van der Waals surface area contributed by atoms with Crippen LogP contribution in [0.15, 0.2) is 72.8 Å². The fourth-order valence-electron chi connectivity index (χ4n) is 3.09. The maximum atomic E-state index is 13.3. The molecule has 9 heteroatoms. The molecule has 0 aromatic heterocycles. The van der Waals surface area contributed by atoms with E-state index < -0.39 is 27.9 Å². The van der Waals surface area contributed by atoms with Crippen LogP contribution in [-0.2, 0) is 21.2 Å². The van der Waals surface area contributed by atoms with Crippen molar-refractivity contribution >= 4 is 33.3 Å². The third-order valence-electron chi connectivity index (χ3n) is 4.41. The van der Waals surface area contributed by atoms with E-state index in [2.05, 4.69) is 0 Å². The fraction of sp³-hybridized carbons (Fsp3) is 0.136. The fourth-order valence-corrected chi connectivity index (χ4v) is 4.42. The highest BCUT2D eigenvalue weighted by atomic mass is 35.5. The van der Waals surface area contributed by atoms with E-state index in [1.54, 1.807) is 36.4 Å². The summed E-state index contributed by atoms with van der Waals surface area (Å²) in [4.78, 5) is 12.1. The third-order valence-corrected chi connectivity index (χ3v) is 5.83. The van der Waals surface area contributed by atoms with Crippen molar-refractivity contribution in [2.45, 2.75) is 12.5 Å². The molecule has 1 N–H and O–H groups in total. The predicted octanol–water partition coefficient (Wildman–Crippen LogP) is 4.73. The molecule has 0 aliphatic heterocycles. The van der Waals surface area contributed by atoms with Crippen molar-refractivity contribution in [1.29, 1.82) is 0 Å². The van der Waals surface area contributed by atoms with Gasteiger partial charge in [-0.05, 0) is 60.2 Å². The van der Waals surface area contributed by atoms with Gasteiger partial charge in [-0.3, -0.25) is 4.31 Å². The van der Waals surface area contributed by atoms with Crippen LogP contribution in [-0.4, -0.2) is 31.8 Å². The molecule has 3 aromatic carbocycles. The summed E-state index contributed by atoms with van der Waals surface area (Å²) in [5, 5.41) is 10.2. The average Bonchev–Trinajstić information content (AvgIpc) is 2.70. The number of para-hydroxylation sites is 1. The van der Waals surface area contributed by atoms with Crippen molar-refractivity contribution < 1.29 is 27.4 Å². The van der Waals surface area contributed by atoms with E-state index in [9.17, 15) is 22.7 Å². The molecule has 0 saturated heterocycles. The predicted molar refractivity (Wildman–Crippen MR) is 117 cm³/mol. The summed E-state index contributed by atoms with van der Waals surface area (Å²) in [6.45, 7) is 0. The van der Waals surface area contributed by atoms with Gasteiger partial charge in [-0.1, -0.05) is 29.8 Å². The maximum absolute atomic E-state index is 13.3. The first-order valence-electron chi connectivity index (χ1n) is 9.14. The molecule has 0 saturated carbocycles. The zero-order chi connectivity index (χ0) is 22.6. The Bertz CT molecular complexity index is 1170. The number of carbonyl (C=O) groups is 1. The summed E-state index contributed by atoms with van der Waals surface area (Å²) in [6, 6.07) is 16.6. The molecule has 0 unspecified atom stereocenters. The molecule has 0 bridgehead atoms. The van der Waals surface area contributed by atoms with Gasteiger partial charge in [-0.25, -0.2) is 17.6 Å². The lowest BCUT2D eigenvalue weighted by atomic mass is 10.0. The van der Waals surface area contributed by atoms with Crippen LogP contribution < -0.4 is 9.04 Å². The minimum atomic E-state index is -4.02. The van der Waals surface area contributed by atoms with E-state index >= 15 is 0 Å². The molecule has 1 atom stereocenters. The molecule has 3 rings (SSSR count). The largest absolute Gasteiger partial charge is 0.480 e. The first-order chi connectivity index (χ1) is 14.6. The quantitative estimate of drug-likeness (QED) is 0.522. The Morgan fingerprint density at radius 1 is 1.10 bits per heavy atom. The van der Waals surface area contributed by atoms with Gasteiger partial charge in [0.1, 0.15) is 23.4 Å². The standard InChI is InChI=1S/C22H19ClFNO5S/c1-31(28,29)25(18-10-8-17(24)9-11-18)20(22(26)27)14-15-13-16(23)7-12-21(15)30-19-5-3-2-4-6-19/h2-13,20H,14H2,1H3,(H,26,27)/t20-/m1/s1. The number of hydrogen-bond donors (Lipinski definition) is 1. The number of carboxylic acids is 1. The van der Waals surface area contributed by atoms with E-state index in [-0.39, 0.29) is 12.1 Å². The van der Waals surface area contributed by atoms with Crippen molar-refractivity contribution in [2.24, 2.45) is 0 Å². The number of hydrogen-bond acceptors (Lipinski definition) is 4. The molecule has 0 aliphatic rings. The highest BCUT2D eigenvalue weighted by Crippen LogP contribution is 2.31. The molecule has 0 aliphatic carbocycles. The van der Waals surface area contributed by atoms with Gasteiger partial charge in [0.15, 0.2) is 0 Å². The third kappa shape index (κ3) is 5.74. The SMILES string of the molecule is CS(=O)(=O)N(c1ccc(F)cc1)[C@H](Cc1cc(Cl)ccc1Oc1ccccc1)C(=O)O. The van der Waals surface area contributed by atoms with E-state index in [1.165, 1.54) is 18.2 Å². The number of carboxylic acid groups (broad SMARTS) is 1. The second-order valence-electron chi connectivity index (χ2n) is 6.76. The monoisotopic (exact) mass is 463 g/mol. The van der Waals surface area contributed by atoms with E-state index in [4.69, 9.17) is 16.3 Å². The molecule has 0 amide bonds. The molecular formula is C22H19ClFNO5S. The number of rotatable bonds is 8. The number of halogens is 2. The zero-order valence-electron chi connectivity index (χ0n) is 16.4. The topological polar surface area (TPSA) is 83.9 Å². The van der Waals surface area contributed by atoms with Crippen LogP contribution in [0, 0.1) is 5.82 Å². The highest BCUT2D eigenvalue weighted by Gasteiger charge is 2.33. The molecule has 162 valence electrons. The molecule has 6 nitrogen and oxygen atoms in total. The first-order valence-corrected chi connectivity index (χ1v) is 11.4. The first kappa shape index (κ1) is 22.6. The van der Waals surface area contributed by atoms with Crippen molar-refractivity contribution in [3.8, 4) is 11.5 Å². The van der Waals surface area contributed by atoms with Gasteiger partial charge < -0.3 is 9.84 Å². The van der Waals surface area contributed by atoms with Crippen molar-refractivity contribution in [1.82, 2.24) is 0 Å². The molecule has 0 spiro atoms. The Kier molecular flexibility index (Phi) is 6.82. The molecule has 3 aromatic rings. The lowest BCUT2D eigenvalue weighted by molar-refractivity contribution is -0.138. The van der Waals surface area contributed by atoms with Gasteiger partial charge in [-0.15, -0.1) is 0 Å². The zero-order valence-corrected chi connectivity index (χ0v) is 18.0. The number of ether oxygens (including phenoxy) is 1. The number of nitrogens with zero attached hydrogens (tertiary/aromatic N) is 1. The summed E-state index contributed by atoms with van der Waals surface area (Å²) >= 11 is 6.11. The van der Waals surface area contributed by atoms with Crippen LogP contribution in [0.3, 0.4) is 0 Å². The van der Waals surface area contributed by atoms with Crippen LogP contribution in [0.1, 0.15) is 5.56 Å². The highest BCUT2D eigenvalue weighted by molar-refractivity contribution is 7.92. The van der Waals surface area contributed by atoms with Crippen LogP contribution in [0.25, 0.3) is 0 Å². The van der Waals surface area contributed by atoms with E-state index in [1.807, 2.05) is 6.07 Å². The van der Waals surface area contributed by atoms with Crippen molar-refractivity contribution in [2.75, 3.05) is 10.6 Å². The maximum Gasteiger partial charge on any atom is 0.327 e. The van der Waals surface area contributed by atoms with E-state index in [0.29, 0.717) is 22.1 Å². The summed E-state index contributed by atoms with van der Waals surface area (Å²) in [5.41, 5.74) is 0.434. The molecule has 0 radical (unpaired) electrons. The van der Waals surface area contributed by atoms with Crippen molar-refractivity contribution in [3.63, 3.8) is 0 Å². The Morgan fingerprint density at radius 3 is 2.32 bits per heavy atom. The van der Waals surface area contributed by atoms with Gasteiger partial charge in [0, 0.05) is 11.4 Å². The number of anilines is 1. The Morgan fingerprint density at radius 2 is 1.74 bits per heavy atom. The van der Waals surface area contributed by atoms with E-state index in [0.717, 1.165) is 22.7 Å². The smallest absolute Gasteiger partial charge is 0.327 e. The van der Waals surface area contributed by atoms with Gasteiger partial charge in [0.05, 0.1) is 11.9 Å². The molecular weight excluding hydrogens is 445 g/mol. The van der Waals surface area contributed by atoms with Crippen LogP contribution in [0.4, 0.5) is 10.1 Å². The molecule has 0 heterocycles. The number of sulfonamides is 1. The lowest BCUT2D eigenvalue weighted by Crippen LogP contribution is -2.46. The molecule has 31 heavy (non-hydrogen) atoms. The average molecular weight is 464 g/mol. The number of aliphatic carboxylic acids is 1. The second-order valence-corrected chi connectivity index (χ2v) is 9.06. The minimum Gasteiger partial charge on any atom is -0.480 e. The Balaban J connectivity index is 2.03. The normalized spacial score (nSPS) is 12.2. The van der Waals surface area contributed by atoms with Crippen LogP contribution in [0.2, 0.25) is 5.02 Å². The number of benzene rings is 3. The summed E-state index contributed by atoms with van der Waals surface area (Å²) in [6.07, 6.45) is 0.661. The van der Waals surface area contributed by atoms with Gasteiger partial charge in [0.25, 0.3) is 0 Å². The summed E-state index contributed by atoms with van der Waals surface area (Å²) in [7, 11) is -4.02. The Labute approximate surface area is 184 Å². The van der Waals surface area contributed by atoms with Crippen LogP contribution in [0.5, 0.6) is 11.5 Å². The second kappa shape index (κ2) is 9.36. The minimum absolute atomic E-state index is 0.0313. The summed E-state index contributed by atoms with van der Waals surface area (Å²) in [5.74, 6) is -1.08.